The Kier molecular flexibility index (Phi) is 8.44. The summed E-state index contributed by atoms with van der Waals surface area (Å²) in [5.74, 6) is -1.78. The third-order valence-electron chi connectivity index (χ3n) is 5.51. The van der Waals surface area contributed by atoms with E-state index in [4.69, 9.17) is 16.3 Å². The average molecular weight is 475 g/mol. The second-order valence-electron chi connectivity index (χ2n) is 8.42. The molecule has 0 aliphatic carbocycles. The van der Waals surface area contributed by atoms with Crippen molar-refractivity contribution in [1.82, 2.24) is 10.2 Å². The lowest BCUT2D eigenvalue weighted by molar-refractivity contribution is -0.148. The average Bonchev–Trinajstić information content (AvgIpc) is 2.78. The summed E-state index contributed by atoms with van der Waals surface area (Å²) in [5.41, 5.74) is 1.01. The summed E-state index contributed by atoms with van der Waals surface area (Å²) < 4.78 is 18.5. The minimum absolute atomic E-state index is 0.0569. The van der Waals surface area contributed by atoms with Gasteiger partial charge in [0.15, 0.2) is 0 Å². The van der Waals surface area contributed by atoms with Gasteiger partial charge in [-0.1, -0.05) is 29.8 Å². The molecule has 1 heterocycles. The Morgan fingerprint density at radius 1 is 1.15 bits per heavy atom. The summed E-state index contributed by atoms with van der Waals surface area (Å²) in [6, 6.07) is 11.7. The number of carbonyl (C=O) groups excluding carboxylic acids is 3. The van der Waals surface area contributed by atoms with Crippen LogP contribution in [0.15, 0.2) is 48.5 Å². The van der Waals surface area contributed by atoms with Crippen LogP contribution >= 0.6 is 11.6 Å². The summed E-state index contributed by atoms with van der Waals surface area (Å²) in [4.78, 5) is 39.9. The Morgan fingerprint density at radius 3 is 2.52 bits per heavy atom. The second kappa shape index (κ2) is 11.3. The molecule has 6 nitrogen and oxygen atoms in total. The number of nitrogens with zero attached hydrogens (tertiary/aromatic N) is 1. The van der Waals surface area contributed by atoms with Gasteiger partial charge in [-0.3, -0.25) is 14.4 Å². The molecule has 1 N–H and O–H groups in total. The number of amides is 2. The highest BCUT2D eigenvalue weighted by Gasteiger charge is 2.31. The molecule has 176 valence electrons. The minimum Gasteiger partial charge on any atom is -0.463 e. The zero-order valence-corrected chi connectivity index (χ0v) is 19.5. The van der Waals surface area contributed by atoms with E-state index in [1.807, 2.05) is 0 Å². The summed E-state index contributed by atoms with van der Waals surface area (Å²) in [5, 5.41) is 3.38. The lowest BCUT2D eigenvalue weighted by Crippen LogP contribution is -2.46. The summed E-state index contributed by atoms with van der Waals surface area (Å²) in [6.07, 6.45) is 0.949. The Balaban J connectivity index is 1.71. The van der Waals surface area contributed by atoms with Crippen LogP contribution in [0.5, 0.6) is 0 Å². The topological polar surface area (TPSA) is 75.7 Å². The molecule has 0 saturated carbocycles. The highest BCUT2D eigenvalue weighted by atomic mass is 35.5. The molecular weight excluding hydrogens is 447 g/mol. The van der Waals surface area contributed by atoms with Crippen LogP contribution in [0.3, 0.4) is 0 Å². The molecule has 1 aliphatic heterocycles. The van der Waals surface area contributed by atoms with Crippen LogP contribution in [0.4, 0.5) is 4.39 Å². The van der Waals surface area contributed by atoms with Gasteiger partial charge in [0, 0.05) is 23.7 Å². The van der Waals surface area contributed by atoms with Crippen molar-refractivity contribution in [2.24, 2.45) is 5.92 Å². The molecule has 2 aromatic rings. The van der Waals surface area contributed by atoms with Crippen LogP contribution in [0.25, 0.3) is 0 Å². The number of esters is 1. The van der Waals surface area contributed by atoms with E-state index >= 15 is 0 Å². The van der Waals surface area contributed by atoms with Crippen LogP contribution in [-0.2, 0) is 14.3 Å². The molecule has 2 amide bonds. The SMILES string of the molecule is CC(C)OC(=O)C[C@H](NC(=O)[C@H]1CCCN(C(=O)c2ccc(F)cc2)C1)c1ccccc1Cl. The first kappa shape index (κ1) is 24.7. The minimum atomic E-state index is -0.652. The molecule has 1 saturated heterocycles. The van der Waals surface area contributed by atoms with Gasteiger partial charge in [-0.15, -0.1) is 0 Å². The number of nitrogens with one attached hydrogen (secondary N) is 1. The molecule has 33 heavy (non-hydrogen) atoms. The smallest absolute Gasteiger partial charge is 0.308 e. The largest absolute Gasteiger partial charge is 0.463 e. The molecule has 1 fully saturated rings. The van der Waals surface area contributed by atoms with E-state index in [-0.39, 0.29) is 30.9 Å². The normalized spacial score (nSPS) is 16.9. The standard InChI is InChI=1S/C25H28ClFN2O4/c1-16(2)33-23(30)14-22(20-7-3-4-8-21(20)26)28-24(31)18-6-5-13-29(15-18)25(32)17-9-11-19(27)12-10-17/h3-4,7-12,16,18,22H,5-6,13-15H2,1-2H3,(H,28,31)/t18-,22-/m0/s1. The van der Waals surface area contributed by atoms with E-state index in [1.54, 1.807) is 43.0 Å². The number of piperidine rings is 1. The van der Waals surface area contributed by atoms with Crippen molar-refractivity contribution in [3.8, 4) is 0 Å². The molecular formula is C25H28ClFN2O4. The number of ether oxygens (including phenoxy) is 1. The molecule has 1 aliphatic rings. The number of hydrogen-bond acceptors (Lipinski definition) is 4. The number of hydrogen-bond donors (Lipinski definition) is 1. The van der Waals surface area contributed by atoms with Crippen molar-refractivity contribution in [1.29, 1.82) is 0 Å². The van der Waals surface area contributed by atoms with Crippen LogP contribution in [0.1, 0.15) is 55.1 Å². The van der Waals surface area contributed by atoms with E-state index in [2.05, 4.69) is 5.32 Å². The van der Waals surface area contributed by atoms with E-state index in [9.17, 15) is 18.8 Å². The summed E-state index contributed by atoms with van der Waals surface area (Å²) in [7, 11) is 0. The van der Waals surface area contributed by atoms with E-state index in [0.29, 0.717) is 35.5 Å². The molecule has 3 rings (SSSR count). The van der Waals surface area contributed by atoms with Crippen molar-refractivity contribution in [3.63, 3.8) is 0 Å². The van der Waals surface area contributed by atoms with Crippen molar-refractivity contribution in [2.45, 2.75) is 45.3 Å². The van der Waals surface area contributed by atoms with Gasteiger partial charge in [0.25, 0.3) is 5.91 Å². The Bertz CT molecular complexity index is 996. The Morgan fingerprint density at radius 2 is 1.85 bits per heavy atom. The van der Waals surface area contributed by atoms with Gasteiger partial charge in [-0.25, -0.2) is 4.39 Å². The lowest BCUT2D eigenvalue weighted by atomic mass is 9.95. The van der Waals surface area contributed by atoms with E-state index in [1.165, 1.54) is 24.3 Å². The second-order valence-corrected chi connectivity index (χ2v) is 8.83. The fourth-order valence-electron chi connectivity index (χ4n) is 3.91. The first-order valence-electron chi connectivity index (χ1n) is 11.0. The van der Waals surface area contributed by atoms with Gasteiger partial charge >= 0.3 is 5.97 Å². The maximum Gasteiger partial charge on any atom is 0.308 e. The first-order valence-corrected chi connectivity index (χ1v) is 11.4. The maximum atomic E-state index is 13.2. The van der Waals surface area contributed by atoms with Gasteiger partial charge in [0.05, 0.1) is 24.5 Å². The van der Waals surface area contributed by atoms with Crippen molar-refractivity contribution < 1.29 is 23.5 Å². The number of benzene rings is 2. The summed E-state index contributed by atoms with van der Waals surface area (Å²) >= 11 is 6.34. The predicted molar refractivity (Wildman–Crippen MR) is 123 cm³/mol. The fourth-order valence-corrected chi connectivity index (χ4v) is 4.18. The van der Waals surface area contributed by atoms with E-state index in [0.717, 1.165) is 0 Å². The third kappa shape index (κ3) is 6.78. The van der Waals surface area contributed by atoms with E-state index < -0.39 is 23.7 Å². The number of likely N-dealkylation sites (tertiary alicyclic amines) is 1. The quantitative estimate of drug-likeness (QED) is 0.598. The Labute approximate surface area is 198 Å². The molecule has 2 atom stereocenters. The van der Waals surface area contributed by atoms with Gasteiger partial charge in [0.2, 0.25) is 5.91 Å². The van der Waals surface area contributed by atoms with Crippen LogP contribution in [-0.4, -0.2) is 41.9 Å². The van der Waals surface area contributed by atoms with Crippen molar-refractivity contribution in [2.75, 3.05) is 13.1 Å². The van der Waals surface area contributed by atoms with Crippen LogP contribution < -0.4 is 5.32 Å². The first-order chi connectivity index (χ1) is 15.7. The molecule has 0 aromatic heterocycles. The highest BCUT2D eigenvalue weighted by molar-refractivity contribution is 6.31. The maximum absolute atomic E-state index is 13.2. The fraction of sp³-hybridized carbons (Fsp3) is 0.400. The number of halogens is 2. The zero-order chi connectivity index (χ0) is 24.0. The monoisotopic (exact) mass is 474 g/mol. The molecule has 8 heteroatoms. The molecule has 0 spiro atoms. The molecule has 0 unspecified atom stereocenters. The molecule has 0 radical (unpaired) electrons. The predicted octanol–water partition coefficient (Wildman–Crippen LogP) is 4.53. The van der Waals surface area contributed by atoms with Gasteiger partial charge in [-0.05, 0) is 62.6 Å². The van der Waals surface area contributed by atoms with Gasteiger partial charge in [0.1, 0.15) is 5.82 Å². The van der Waals surface area contributed by atoms with Crippen molar-refractivity contribution >= 4 is 29.4 Å². The van der Waals surface area contributed by atoms with Gasteiger partial charge in [-0.2, -0.15) is 0 Å². The summed E-state index contributed by atoms with van der Waals surface area (Å²) in [6.45, 7) is 4.29. The Hall–Kier alpha value is -2.93. The third-order valence-corrected chi connectivity index (χ3v) is 5.85. The molecule has 2 aromatic carbocycles. The van der Waals surface area contributed by atoms with Crippen LogP contribution in [0, 0.1) is 11.7 Å². The molecule has 0 bridgehead atoms. The lowest BCUT2D eigenvalue weighted by Gasteiger charge is -2.33. The number of rotatable bonds is 7. The number of carbonyl (C=O) groups is 3. The highest BCUT2D eigenvalue weighted by Crippen LogP contribution is 2.27. The van der Waals surface area contributed by atoms with Gasteiger partial charge < -0.3 is 15.0 Å². The zero-order valence-electron chi connectivity index (χ0n) is 18.7. The van der Waals surface area contributed by atoms with Crippen molar-refractivity contribution in [3.05, 3.63) is 70.5 Å². The van der Waals surface area contributed by atoms with Crippen LogP contribution in [0.2, 0.25) is 5.02 Å².